The quantitative estimate of drug-likeness (QED) is 0.116. The molecule has 3 atom stereocenters. The van der Waals surface area contributed by atoms with Crippen molar-refractivity contribution in [3.8, 4) is 5.75 Å². The molecule has 6 aliphatic rings. The number of halogens is 4. The van der Waals surface area contributed by atoms with E-state index in [9.17, 15) is 39.0 Å². The zero-order valence-corrected chi connectivity index (χ0v) is 48.4. The Balaban J connectivity index is 0.000000177. The lowest BCUT2D eigenvalue weighted by atomic mass is 9.89. The van der Waals surface area contributed by atoms with Crippen molar-refractivity contribution >= 4 is 80.1 Å². The molecule has 1 aliphatic carbocycles. The van der Waals surface area contributed by atoms with Gasteiger partial charge in [0.05, 0.1) is 64.0 Å². The second-order valence-corrected chi connectivity index (χ2v) is 25.3. The van der Waals surface area contributed by atoms with Crippen molar-refractivity contribution in [2.75, 3.05) is 101 Å². The summed E-state index contributed by atoms with van der Waals surface area (Å²) in [6.45, 7) is 18.4. The predicted octanol–water partition coefficient (Wildman–Crippen LogP) is 10.4. The first kappa shape index (κ1) is 58.3. The zero-order chi connectivity index (χ0) is 60.7. The van der Waals surface area contributed by atoms with E-state index < -0.39 is 63.8 Å². The molecule has 1 saturated carbocycles. The van der Waals surface area contributed by atoms with Gasteiger partial charge >= 0.3 is 24.1 Å². The van der Waals surface area contributed by atoms with E-state index in [0.29, 0.717) is 118 Å². The molecule has 5 fully saturated rings. The van der Waals surface area contributed by atoms with Gasteiger partial charge in [0.1, 0.15) is 53.1 Å². The Morgan fingerprint density at radius 1 is 0.565 bits per heavy atom. The SMILES string of the molecule is CC(C)(C)C[C@H]1CN(c2ccc(N3CCN(c4cc5c(cc4F)c(=O)c(C(=O)O)cn5C4CC4)CC3)c(F)c2)C(=O)O1.CC1COc2c(N3CCN(c4ccc(N5C[C@H](CC(C)(C)C)OC5=O)cc4F)CC3)c(F)cc3c(=O)c(C(=O)O)cn1c23. The van der Waals surface area contributed by atoms with Crippen LogP contribution in [0.3, 0.4) is 0 Å². The fourth-order valence-electron chi connectivity index (χ4n) is 12.3. The number of piperazine rings is 2. The van der Waals surface area contributed by atoms with Crippen LogP contribution in [-0.2, 0) is 9.47 Å². The van der Waals surface area contributed by atoms with Crippen LogP contribution in [0.1, 0.15) is 107 Å². The van der Waals surface area contributed by atoms with Gasteiger partial charge in [-0.2, -0.15) is 0 Å². The van der Waals surface area contributed by atoms with Crippen LogP contribution in [0.5, 0.6) is 5.75 Å². The number of benzene rings is 4. The van der Waals surface area contributed by atoms with Gasteiger partial charge in [0, 0.05) is 76.2 Å². The summed E-state index contributed by atoms with van der Waals surface area (Å²) < 4.78 is 82.1. The second-order valence-electron chi connectivity index (χ2n) is 25.3. The molecule has 2 aromatic heterocycles. The predicted molar refractivity (Wildman–Crippen MR) is 314 cm³/mol. The van der Waals surface area contributed by atoms with Gasteiger partial charge in [-0.3, -0.25) is 19.4 Å². The first-order chi connectivity index (χ1) is 40.2. The second kappa shape index (κ2) is 22.2. The first-order valence-corrected chi connectivity index (χ1v) is 28.7. The number of hydrogen-bond donors (Lipinski definition) is 2. The lowest BCUT2D eigenvalue weighted by Crippen LogP contribution is -2.47. The standard InChI is InChI=1S/C31H34F2N4O6.C31H34F2N4O5/c1-17-16-42-28-25-20(27(38)21(29(39)40)15-36(17)25)12-23(33)26(28)35-9-7-34(8-10-35)24-6-5-18(11-22(24)32)37-14-19(43-30(37)41)13-31(2,3)4;1-31(2,3)15-20-16-37(30(41)42-20)19-6-7-25(23(32)12-19)34-8-10-35(11-9-34)27-14-26-21(13-24(27)33)28(38)22(29(39)40)17-36(26)18-4-5-18/h5-6,11-12,15,17,19H,7-10,13-14,16H2,1-4H3,(H,39,40);6-7,12-14,17-18,20H,4-5,8-11,15-16H2,1-3H3,(H,39,40)/t17?,19-;20-/m00/s1. The lowest BCUT2D eigenvalue weighted by molar-refractivity contribution is 0.0683. The molecule has 5 aliphatic heterocycles. The minimum Gasteiger partial charge on any atom is -0.487 e. The van der Waals surface area contributed by atoms with Crippen molar-refractivity contribution in [3.05, 3.63) is 122 Å². The molecule has 1 unspecified atom stereocenters. The monoisotopic (exact) mass is 1180 g/mol. The number of hydrogen-bond acceptors (Lipinski definition) is 13. The number of amides is 2. The van der Waals surface area contributed by atoms with Crippen LogP contribution in [0.2, 0.25) is 0 Å². The van der Waals surface area contributed by atoms with E-state index in [1.165, 1.54) is 34.3 Å². The van der Waals surface area contributed by atoms with Crippen molar-refractivity contribution in [3.63, 3.8) is 0 Å². The van der Waals surface area contributed by atoms with Crippen molar-refractivity contribution < 1.29 is 61.2 Å². The molecule has 2 N–H and O–H groups in total. The van der Waals surface area contributed by atoms with Gasteiger partial charge in [0.15, 0.2) is 11.6 Å². The zero-order valence-electron chi connectivity index (χ0n) is 48.4. The minimum atomic E-state index is -1.37. The molecule has 0 radical (unpaired) electrons. The first-order valence-electron chi connectivity index (χ1n) is 28.7. The molecular formula is C62H68F4N8O11. The van der Waals surface area contributed by atoms with Gasteiger partial charge in [0.25, 0.3) is 0 Å². The highest BCUT2D eigenvalue weighted by atomic mass is 19.1. The van der Waals surface area contributed by atoms with Crippen LogP contribution in [0.15, 0.2) is 76.6 Å². The van der Waals surface area contributed by atoms with Crippen LogP contribution in [0.4, 0.5) is 61.3 Å². The maximum atomic E-state index is 15.6. The van der Waals surface area contributed by atoms with E-state index >= 15 is 17.6 Å². The van der Waals surface area contributed by atoms with Gasteiger partial charge in [-0.15, -0.1) is 0 Å². The number of aromatic nitrogens is 2. The van der Waals surface area contributed by atoms with Gasteiger partial charge in [-0.25, -0.2) is 36.7 Å². The van der Waals surface area contributed by atoms with Crippen molar-refractivity contribution in [1.29, 1.82) is 0 Å². The summed E-state index contributed by atoms with van der Waals surface area (Å²) in [5.74, 6) is -4.71. The number of pyridine rings is 2. The molecule has 12 rings (SSSR count). The third kappa shape index (κ3) is 11.6. The maximum Gasteiger partial charge on any atom is 0.414 e. The average molecular weight is 1180 g/mol. The molecule has 4 aromatic carbocycles. The van der Waals surface area contributed by atoms with E-state index in [4.69, 9.17) is 14.2 Å². The normalized spacial score (nSPS) is 20.0. The van der Waals surface area contributed by atoms with Gasteiger partial charge in [-0.05, 0) is 98.0 Å². The summed E-state index contributed by atoms with van der Waals surface area (Å²) in [4.78, 5) is 84.3. The molecule has 2 amide bonds. The Morgan fingerprint density at radius 2 is 1.00 bits per heavy atom. The van der Waals surface area contributed by atoms with Crippen LogP contribution in [-0.4, -0.2) is 128 Å². The van der Waals surface area contributed by atoms with Crippen LogP contribution in [0, 0.1) is 34.1 Å². The fraction of sp³-hybridized carbons (Fsp3) is 0.452. The molecule has 7 heterocycles. The Labute approximate surface area is 487 Å². The number of carboxylic acid groups (broad SMARTS) is 2. The van der Waals surface area contributed by atoms with E-state index in [0.717, 1.165) is 25.0 Å². The van der Waals surface area contributed by atoms with Crippen LogP contribution < -0.4 is 45.0 Å². The van der Waals surface area contributed by atoms with E-state index in [1.54, 1.807) is 44.4 Å². The van der Waals surface area contributed by atoms with Gasteiger partial charge in [-0.1, -0.05) is 41.5 Å². The summed E-state index contributed by atoms with van der Waals surface area (Å²) in [5, 5.41) is 19.0. The Bertz CT molecular complexity index is 3820. The molecule has 450 valence electrons. The molecule has 4 saturated heterocycles. The van der Waals surface area contributed by atoms with E-state index in [1.807, 2.05) is 21.6 Å². The van der Waals surface area contributed by atoms with Crippen molar-refractivity contribution in [2.45, 2.75) is 98.4 Å². The number of aromatic carboxylic acids is 2. The molecule has 23 heteroatoms. The smallest absolute Gasteiger partial charge is 0.414 e. The number of carboxylic acids is 2. The summed E-state index contributed by atoms with van der Waals surface area (Å²) in [7, 11) is 0. The number of cyclic esters (lactones) is 2. The molecule has 19 nitrogen and oxygen atoms in total. The van der Waals surface area contributed by atoms with E-state index in [-0.39, 0.29) is 69.5 Å². The van der Waals surface area contributed by atoms with Crippen LogP contribution >= 0.6 is 0 Å². The molecule has 85 heavy (non-hydrogen) atoms. The Kier molecular flexibility index (Phi) is 15.2. The Hall–Kier alpha value is -8.50. The number of nitrogens with zero attached hydrogens (tertiary/aromatic N) is 8. The minimum absolute atomic E-state index is 0.00478. The van der Waals surface area contributed by atoms with Gasteiger partial charge in [0.2, 0.25) is 10.9 Å². The average Bonchev–Trinajstić information content (AvgIpc) is 1.41. The summed E-state index contributed by atoms with van der Waals surface area (Å²) in [6, 6.07) is 13.1. The van der Waals surface area contributed by atoms with Crippen molar-refractivity contribution in [1.82, 2.24) is 9.13 Å². The third-order valence-electron chi connectivity index (χ3n) is 16.5. The van der Waals surface area contributed by atoms with E-state index in [2.05, 4.69) is 41.5 Å². The lowest BCUT2D eigenvalue weighted by Gasteiger charge is -2.39. The molecule has 0 spiro atoms. The number of ether oxygens (including phenoxy) is 3. The maximum absolute atomic E-state index is 15.6. The number of rotatable bonds is 11. The third-order valence-corrected chi connectivity index (χ3v) is 16.5. The summed E-state index contributed by atoms with van der Waals surface area (Å²) in [5.41, 5.74) is 0.784. The number of carbonyl (C=O) groups is 4. The highest BCUT2D eigenvalue weighted by molar-refractivity contribution is 5.98. The topological polar surface area (TPSA) is 200 Å². The largest absolute Gasteiger partial charge is 0.487 e. The van der Waals surface area contributed by atoms with Gasteiger partial charge < -0.3 is 53.2 Å². The summed E-state index contributed by atoms with van der Waals surface area (Å²) >= 11 is 0. The number of fused-ring (bicyclic) bond motifs is 1. The highest BCUT2D eigenvalue weighted by Crippen LogP contribution is 2.44. The summed E-state index contributed by atoms with van der Waals surface area (Å²) in [6.07, 6.45) is 4.32. The number of carbonyl (C=O) groups excluding carboxylic acids is 2. The van der Waals surface area contributed by atoms with Crippen molar-refractivity contribution in [2.24, 2.45) is 10.8 Å². The number of anilines is 6. The molecule has 6 aromatic rings. The molecular weight excluding hydrogens is 1110 g/mol. The molecule has 0 bridgehead atoms. The van der Waals surface area contributed by atoms with Crippen LogP contribution in [0.25, 0.3) is 21.8 Å². The highest BCUT2D eigenvalue weighted by Gasteiger charge is 2.38. The fourth-order valence-corrected chi connectivity index (χ4v) is 12.3. The Morgan fingerprint density at radius 3 is 1.46 bits per heavy atom.